The van der Waals surface area contributed by atoms with E-state index in [9.17, 15) is 4.79 Å². The third-order valence-corrected chi connectivity index (χ3v) is 2.34. The van der Waals surface area contributed by atoms with Crippen LogP contribution in [0.1, 0.15) is 33.1 Å². The molecule has 1 saturated carbocycles. The summed E-state index contributed by atoms with van der Waals surface area (Å²) in [6.45, 7) is 4.20. The van der Waals surface area contributed by atoms with Crippen molar-refractivity contribution in [2.45, 2.75) is 45.2 Å². The Kier molecular flexibility index (Phi) is 4.39. The average molecular weight is 212 g/mol. The van der Waals surface area contributed by atoms with Crippen molar-refractivity contribution in [2.24, 2.45) is 10.7 Å². The zero-order valence-electron chi connectivity index (χ0n) is 9.42. The number of hydrogen-bond acceptors (Lipinski definition) is 2. The molecule has 0 heterocycles. The van der Waals surface area contributed by atoms with Crippen LogP contribution in [0.4, 0.5) is 0 Å². The summed E-state index contributed by atoms with van der Waals surface area (Å²) in [5, 5.41) is 5.85. The van der Waals surface area contributed by atoms with Gasteiger partial charge < -0.3 is 16.4 Å². The lowest BCUT2D eigenvalue weighted by Gasteiger charge is -2.11. The van der Waals surface area contributed by atoms with Crippen LogP contribution in [0.5, 0.6) is 0 Å². The van der Waals surface area contributed by atoms with Crippen molar-refractivity contribution in [1.29, 1.82) is 0 Å². The molecule has 0 bridgehead atoms. The minimum atomic E-state index is -0.0496. The Morgan fingerprint density at radius 3 is 2.80 bits per heavy atom. The van der Waals surface area contributed by atoms with Gasteiger partial charge in [0.05, 0.1) is 0 Å². The first-order valence-electron chi connectivity index (χ1n) is 5.47. The molecule has 1 atom stereocenters. The SMILES string of the molecule is CCC(C)NC(N)=NCC(=O)NC1CC1. The van der Waals surface area contributed by atoms with Crippen molar-refractivity contribution in [1.82, 2.24) is 10.6 Å². The molecule has 1 unspecified atom stereocenters. The van der Waals surface area contributed by atoms with Gasteiger partial charge in [-0.05, 0) is 26.2 Å². The van der Waals surface area contributed by atoms with Crippen LogP contribution in [-0.2, 0) is 4.79 Å². The first kappa shape index (κ1) is 11.8. The Morgan fingerprint density at radius 2 is 2.27 bits per heavy atom. The third-order valence-electron chi connectivity index (χ3n) is 2.34. The molecule has 86 valence electrons. The van der Waals surface area contributed by atoms with E-state index in [0.717, 1.165) is 19.3 Å². The number of nitrogens with two attached hydrogens (primary N) is 1. The van der Waals surface area contributed by atoms with E-state index in [1.807, 2.05) is 6.92 Å². The highest BCUT2D eigenvalue weighted by molar-refractivity contribution is 5.84. The molecule has 1 aliphatic carbocycles. The topological polar surface area (TPSA) is 79.5 Å². The minimum Gasteiger partial charge on any atom is -0.370 e. The molecular weight excluding hydrogens is 192 g/mol. The van der Waals surface area contributed by atoms with Crippen molar-refractivity contribution in [3.8, 4) is 0 Å². The van der Waals surface area contributed by atoms with Gasteiger partial charge in [0.15, 0.2) is 5.96 Å². The van der Waals surface area contributed by atoms with Crippen LogP contribution in [0.2, 0.25) is 0 Å². The van der Waals surface area contributed by atoms with Gasteiger partial charge in [-0.15, -0.1) is 0 Å². The number of carbonyl (C=O) groups is 1. The van der Waals surface area contributed by atoms with E-state index >= 15 is 0 Å². The van der Waals surface area contributed by atoms with Crippen LogP contribution in [0.25, 0.3) is 0 Å². The van der Waals surface area contributed by atoms with Crippen LogP contribution >= 0.6 is 0 Å². The minimum absolute atomic E-state index is 0.0496. The number of guanidine groups is 1. The first-order valence-corrected chi connectivity index (χ1v) is 5.47. The average Bonchev–Trinajstić information content (AvgIpc) is 2.98. The van der Waals surface area contributed by atoms with Gasteiger partial charge in [0.2, 0.25) is 5.91 Å². The zero-order valence-corrected chi connectivity index (χ0v) is 9.42. The molecule has 1 fully saturated rings. The summed E-state index contributed by atoms with van der Waals surface area (Å²) < 4.78 is 0. The lowest BCUT2D eigenvalue weighted by Crippen LogP contribution is -2.39. The summed E-state index contributed by atoms with van der Waals surface area (Å²) >= 11 is 0. The molecule has 0 saturated heterocycles. The smallest absolute Gasteiger partial charge is 0.242 e. The fourth-order valence-corrected chi connectivity index (χ4v) is 1.06. The van der Waals surface area contributed by atoms with E-state index in [4.69, 9.17) is 5.73 Å². The summed E-state index contributed by atoms with van der Waals surface area (Å²) in [6.07, 6.45) is 3.16. The van der Waals surface area contributed by atoms with Gasteiger partial charge in [-0.3, -0.25) is 4.79 Å². The second-order valence-corrected chi connectivity index (χ2v) is 4.00. The van der Waals surface area contributed by atoms with E-state index in [-0.39, 0.29) is 12.5 Å². The lowest BCUT2D eigenvalue weighted by molar-refractivity contribution is -0.119. The normalized spacial score (nSPS) is 18.4. The molecular formula is C10H20N4O. The summed E-state index contributed by atoms with van der Waals surface area (Å²) in [6, 6.07) is 0.677. The van der Waals surface area contributed by atoms with E-state index < -0.39 is 0 Å². The van der Waals surface area contributed by atoms with E-state index in [0.29, 0.717) is 18.0 Å². The fraction of sp³-hybridized carbons (Fsp3) is 0.800. The molecule has 0 spiro atoms. The number of nitrogens with zero attached hydrogens (tertiary/aromatic N) is 1. The van der Waals surface area contributed by atoms with Crippen molar-refractivity contribution >= 4 is 11.9 Å². The molecule has 1 aliphatic rings. The second kappa shape index (κ2) is 5.58. The Bertz CT molecular complexity index is 248. The maximum atomic E-state index is 11.3. The molecule has 0 aromatic carbocycles. The Balaban J connectivity index is 2.19. The lowest BCUT2D eigenvalue weighted by atomic mass is 10.3. The van der Waals surface area contributed by atoms with Crippen LogP contribution in [0, 0.1) is 0 Å². The Labute approximate surface area is 90.5 Å². The molecule has 0 aromatic rings. The predicted octanol–water partition coefficient (Wildman–Crippen LogP) is -0.0322. The van der Waals surface area contributed by atoms with E-state index in [1.165, 1.54) is 0 Å². The monoisotopic (exact) mass is 212 g/mol. The van der Waals surface area contributed by atoms with Gasteiger partial charge in [0.1, 0.15) is 6.54 Å². The molecule has 0 aliphatic heterocycles. The van der Waals surface area contributed by atoms with Gasteiger partial charge in [0.25, 0.3) is 0 Å². The molecule has 5 nitrogen and oxygen atoms in total. The molecule has 0 aromatic heterocycles. The highest BCUT2D eigenvalue weighted by Gasteiger charge is 2.22. The number of amides is 1. The molecule has 0 radical (unpaired) electrons. The quantitative estimate of drug-likeness (QED) is 0.442. The van der Waals surface area contributed by atoms with Crippen LogP contribution < -0.4 is 16.4 Å². The van der Waals surface area contributed by atoms with Crippen molar-refractivity contribution < 1.29 is 4.79 Å². The Hall–Kier alpha value is -1.26. The number of carbonyl (C=O) groups excluding carboxylic acids is 1. The van der Waals surface area contributed by atoms with Gasteiger partial charge in [-0.25, -0.2) is 4.99 Å². The fourth-order valence-electron chi connectivity index (χ4n) is 1.06. The third kappa shape index (κ3) is 5.24. The highest BCUT2D eigenvalue weighted by atomic mass is 16.1. The largest absolute Gasteiger partial charge is 0.370 e. The number of aliphatic imine (C=N–C) groups is 1. The molecule has 1 rings (SSSR count). The summed E-state index contributed by atoms with van der Waals surface area (Å²) in [7, 11) is 0. The number of hydrogen-bond donors (Lipinski definition) is 3. The highest BCUT2D eigenvalue weighted by Crippen LogP contribution is 2.18. The number of nitrogens with one attached hydrogen (secondary N) is 2. The predicted molar refractivity (Wildman–Crippen MR) is 60.5 cm³/mol. The van der Waals surface area contributed by atoms with Gasteiger partial charge in [-0.1, -0.05) is 6.92 Å². The maximum Gasteiger partial charge on any atom is 0.242 e. The molecule has 5 heteroatoms. The molecule has 15 heavy (non-hydrogen) atoms. The van der Waals surface area contributed by atoms with Crippen LogP contribution in [0.15, 0.2) is 4.99 Å². The van der Waals surface area contributed by atoms with E-state index in [2.05, 4.69) is 22.5 Å². The summed E-state index contributed by atoms with van der Waals surface area (Å²) in [5.41, 5.74) is 5.60. The van der Waals surface area contributed by atoms with E-state index in [1.54, 1.807) is 0 Å². The first-order chi connectivity index (χ1) is 7.11. The maximum absolute atomic E-state index is 11.3. The van der Waals surface area contributed by atoms with Crippen LogP contribution in [-0.4, -0.2) is 30.5 Å². The number of rotatable bonds is 5. The van der Waals surface area contributed by atoms with Gasteiger partial charge in [0, 0.05) is 12.1 Å². The van der Waals surface area contributed by atoms with Gasteiger partial charge >= 0.3 is 0 Å². The molecule has 4 N–H and O–H groups in total. The summed E-state index contributed by atoms with van der Waals surface area (Å²) in [4.78, 5) is 15.2. The standard InChI is InChI=1S/C10H20N4O/c1-3-7(2)13-10(11)12-6-9(15)14-8-4-5-8/h7-8H,3-6H2,1-2H3,(H,14,15)(H3,11,12,13). The van der Waals surface area contributed by atoms with Crippen LogP contribution in [0.3, 0.4) is 0 Å². The zero-order chi connectivity index (χ0) is 11.3. The summed E-state index contributed by atoms with van der Waals surface area (Å²) in [5.74, 6) is 0.293. The molecule has 1 amide bonds. The van der Waals surface area contributed by atoms with Crippen molar-refractivity contribution in [3.05, 3.63) is 0 Å². The van der Waals surface area contributed by atoms with Crippen molar-refractivity contribution in [3.63, 3.8) is 0 Å². The van der Waals surface area contributed by atoms with Crippen molar-refractivity contribution in [2.75, 3.05) is 6.54 Å². The Morgan fingerprint density at radius 1 is 1.60 bits per heavy atom. The van der Waals surface area contributed by atoms with Gasteiger partial charge in [-0.2, -0.15) is 0 Å². The second-order valence-electron chi connectivity index (χ2n) is 4.00.